The van der Waals surface area contributed by atoms with E-state index in [4.69, 9.17) is 9.47 Å². The molecule has 4 heteroatoms. The number of likely N-dealkylation sites (tertiary alicyclic amines) is 1. The zero-order valence-corrected chi connectivity index (χ0v) is 14.5. The van der Waals surface area contributed by atoms with Crippen molar-refractivity contribution in [3.63, 3.8) is 0 Å². The number of amides is 1. The van der Waals surface area contributed by atoms with Gasteiger partial charge in [-0.2, -0.15) is 0 Å². The predicted octanol–water partition coefficient (Wildman–Crippen LogP) is 4.33. The van der Waals surface area contributed by atoms with Crippen LogP contribution in [0.3, 0.4) is 0 Å². The molecule has 2 atom stereocenters. The van der Waals surface area contributed by atoms with E-state index < -0.39 is 11.1 Å². The summed E-state index contributed by atoms with van der Waals surface area (Å²) in [6.07, 6.45) is 3.17. The number of methoxy groups -OCH3 is 1. The molecule has 0 spiro atoms. The Labute approximate surface area is 139 Å². The molecule has 2 rings (SSSR count). The minimum Gasteiger partial charge on any atom is -0.444 e. The van der Waals surface area contributed by atoms with Gasteiger partial charge in [0.25, 0.3) is 0 Å². The summed E-state index contributed by atoms with van der Waals surface area (Å²) < 4.78 is 11.1. The molecule has 1 saturated heterocycles. The zero-order valence-electron chi connectivity index (χ0n) is 14.5. The van der Waals surface area contributed by atoms with Gasteiger partial charge in [0.1, 0.15) is 5.60 Å². The highest BCUT2D eigenvalue weighted by molar-refractivity contribution is 5.71. The number of nitrogens with zero attached hydrogens (tertiary/aromatic N) is 1. The average molecular weight is 317 g/mol. The number of ether oxygens (including phenoxy) is 2. The number of hydrogen-bond donors (Lipinski definition) is 0. The first kappa shape index (κ1) is 17.5. The van der Waals surface area contributed by atoms with Crippen molar-refractivity contribution in [1.29, 1.82) is 0 Å². The number of benzene rings is 1. The second kappa shape index (κ2) is 6.75. The Morgan fingerprint density at radius 3 is 2.57 bits per heavy atom. The molecule has 1 aromatic carbocycles. The number of carbonyl (C=O) groups excluding carboxylic acids is 1. The first-order valence-corrected chi connectivity index (χ1v) is 8.03. The van der Waals surface area contributed by atoms with E-state index >= 15 is 0 Å². The van der Waals surface area contributed by atoms with Crippen molar-refractivity contribution in [1.82, 2.24) is 4.90 Å². The summed E-state index contributed by atoms with van der Waals surface area (Å²) in [6.45, 7) is 10.0. The summed E-state index contributed by atoms with van der Waals surface area (Å²) in [7, 11) is 1.65. The maximum atomic E-state index is 12.9. The van der Waals surface area contributed by atoms with E-state index in [-0.39, 0.29) is 12.1 Å². The fourth-order valence-corrected chi connectivity index (χ4v) is 3.21. The van der Waals surface area contributed by atoms with Gasteiger partial charge in [-0.05, 0) is 39.2 Å². The molecular weight excluding hydrogens is 290 g/mol. The smallest absolute Gasteiger partial charge is 0.411 e. The van der Waals surface area contributed by atoms with Crippen LogP contribution in [0.5, 0.6) is 0 Å². The quantitative estimate of drug-likeness (QED) is 0.776. The maximum absolute atomic E-state index is 12.9. The molecule has 1 aliphatic rings. The normalized spacial score (nSPS) is 24.5. The van der Waals surface area contributed by atoms with E-state index in [0.717, 1.165) is 18.4 Å². The van der Waals surface area contributed by atoms with Crippen LogP contribution in [0.1, 0.15) is 45.2 Å². The predicted molar refractivity (Wildman–Crippen MR) is 91.3 cm³/mol. The average Bonchev–Trinajstić information content (AvgIpc) is 2.87. The Balaban J connectivity index is 2.39. The van der Waals surface area contributed by atoms with Crippen molar-refractivity contribution in [2.24, 2.45) is 0 Å². The van der Waals surface area contributed by atoms with Gasteiger partial charge in [0.15, 0.2) is 0 Å². The van der Waals surface area contributed by atoms with Crippen LogP contribution < -0.4 is 0 Å². The van der Waals surface area contributed by atoms with Crippen molar-refractivity contribution in [2.45, 2.75) is 50.8 Å². The lowest BCUT2D eigenvalue weighted by atomic mass is 9.98. The van der Waals surface area contributed by atoms with Crippen LogP contribution in [0, 0.1) is 0 Å². The third-order valence-electron chi connectivity index (χ3n) is 4.19. The molecule has 126 valence electrons. The van der Waals surface area contributed by atoms with E-state index in [2.05, 4.69) is 6.58 Å². The van der Waals surface area contributed by atoms with Gasteiger partial charge in [-0.15, -0.1) is 6.58 Å². The molecule has 0 aliphatic carbocycles. The second-order valence-electron chi connectivity index (χ2n) is 7.06. The van der Waals surface area contributed by atoms with Crippen LogP contribution in [0.25, 0.3) is 0 Å². The summed E-state index contributed by atoms with van der Waals surface area (Å²) in [5.74, 6) is 0. The Bertz CT molecular complexity index is 549. The number of hydrogen-bond acceptors (Lipinski definition) is 3. The topological polar surface area (TPSA) is 38.8 Å². The van der Waals surface area contributed by atoms with Crippen molar-refractivity contribution >= 4 is 6.09 Å². The van der Waals surface area contributed by atoms with Crippen molar-refractivity contribution in [2.75, 3.05) is 13.7 Å². The summed E-state index contributed by atoms with van der Waals surface area (Å²) in [4.78, 5) is 14.7. The molecule has 0 saturated carbocycles. The van der Waals surface area contributed by atoms with Crippen LogP contribution in [0.4, 0.5) is 4.79 Å². The van der Waals surface area contributed by atoms with Crippen LogP contribution >= 0.6 is 0 Å². The van der Waals surface area contributed by atoms with E-state index in [0.29, 0.717) is 6.61 Å². The lowest BCUT2D eigenvalue weighted by molar-refractivity contribution is -0.00914. The van der Waals surface area contributed by atoms with E-state index in [1.165, 1.54) is 0 Å². The molecule has 4 nitrogen and oxygen atoms in total. The largest absolute Gasteiger partial charge is 0.444 e. The van der Waals surface area contributed by atoms with E-state index in [1.54, 1.807) is 7.11 Å². The Morgan fingerprint density at radius 2 is 2.04 bits per heavy atom. The third kappa shape index (κ3) is 3.75. The van der Waals surface area contributed by atoms with E-state index in [1.807, 2.05) is 62.1 Å². The summed E-state index contributed by atoms with van der Waals surface area (Å²) in [6, 6.07) is 10.0. The number of rotatable bonds is 4. The van der Waals surface area contributed by atoms with Crippen LogP contribution in [-0.2, 0) is 9.47 Å². The molecule has 1 heterocycles. The molecular formula is C19H27NO3. The summed E-state index contributed by atoms with van der Waals surface area (Å²) in [5.41, 5.74) is 0.0385. The highest BCUT2D eigenvalue weighted by Gasteiger charge is 2.49. The Morgan fingerprint density at radius 1 is 1.39 bits per heavy atom. The van der Waals surface area contributed by atoms with Gasteiger partial charge in [0.2, 0.25) is 0 Å². The molecule has 0 aromatic heterocycles. The Kier molecular flexibility index (Phi) is 5.15. The fraction of sp³-hybridized carbons (Fsp3) is 0.526. The van der Waals surface area contributed by atoms with Crippen molar-refractivity contribution in [3.05, 3.63) is 48.6 Å². The highest BCUT2D eigenvalue weighted by atomic mass is 16.6. The maximum Gasteiger partial charge on any atom is 0.411 e. The minimum atomic E-state index is -0.541. The van der Waals surface area contributed by atoms with Crippen molar-refractivity contribution in [3.8, 4) is 0 Å². The standard InChI is InChI=1S/C19H27NO3/c1-6-19(14-22-5)13-12-16(15-10-8-7-9-11-15)20(19)17(21)23-18(2,3)4/h6-11,16H,1,12-14H2,2-5H3/t16-,19-/m0/s1. The van der Waals surface area contributed by atoms with Gasteiger partial charge in [-0.1, -0.05) is 36.4 Å². The Hall–Kier alpha value is -1.81. The molecule has 1 fully saturated rings. The van der Waals surface area contributed by atoms with Gasteiger partial charge >= 0.3 is 6.09 Å². The molecule has 0 radical (unpaired) electrons. The molecule has 0 bridgehead atoms. The third-order valence-corrected chi connectivity index (χ3v) is 4.19. The first-order chi connectivity index (χ1) is 10.8. The molecule has 1 aromatic rings. The van der Waals surface area contributed by atoms with Gasteiger partial charge in [-0.3, -0.25) is 4.90 Å². The van der Waals surface area contributed by atoms with Crippen LogP contribution in [0.15, 0.2) is 43.0 Å². The SMILES string of the molecule is C=C[C@@]1(COC)CC[C@@H](c2ccccc2)N1C(=O)OC(C)(C)C. The zero-order chi connectivity index (χ0) is 17.1. The molecule has 0 unspecified atom stereocenters. The van der Waals surface area contributed by atoms with E-state index in [9.17, 15) is 4.79 Å². The molecule has 23 heavy (non-hydrogen) atoms. The molecule has 1 amide bonds. The second-order valence-corrected chi connectivity index (χ2v) is 7.06. The van der Waals surface area contributed by atoms with Gasteiger partial charge in [0.05, 0.1) is 18.2 Å². The van der Waals surface area contributed by atoms with Crippen molar-refractivity contribution < 1.29 is 14.3 Å². The first-order valence-electron chi connectivity index (χ1n) is 8.03. The lowest BCUT2D eigenvalue weighted by Gasteiger charge is -2.39. The van der Waals surface area contributed by atoms with Gasteiger partial charge < -0.3 is 9.47 Å². The van der Waals surface area contributed by atoms with Crippen LogP contribution in [0.2, 0.25) is 0 Å². The van der Waals surface area contributed by atoms with Gasteiger partial charge in [0, 0.05) is 7.11 Å². The monoisotopic (exact) mass is 317 g/mol. The number of carbonyl (C=O) groups is 1. The molecule has 1 aliphatic heterocycles. The lowest BCUT2D eigenvalue weighted by Crippen LogP contribution is -2.51. The minimum absolute atomic E-state index is 0.0285. The van der Waals surface area contributed by atoms with Gasteiger partial charge in [-0.25, -0.2) is 4.79 Å². The summed E-state index contributed by atoms with van der Waals surface area (Å²) >= 11 is 0. The summed E-state index contributed by atoms with van der Waals surface area (Å²) in [5, 5.41) is 0. The van der Waals surface area contributed by atoms with Crippen LogP contribution in [-0.4, -0.2) is 35.8 Å². The highest BCUT2D eigenvalue weighted by Crippen LogP contribution is 2.44. The molecule has 0 N–H and O–H groups in total. The fourth-order valence-electron chi connectivity index (χ4n) is 3.21.